The molecule has 2 rings (SSSR count). The molecule has 110 valence electrons. The molecule has 1 aliphatic heterocycles. The SMILES string of the molecule is CCOC(=O)C1(N)CCC(N2CC(C)OCC2C)C1. The molecule has 0 bridgehead atoms. The van der Waals surface area contributed by atoms with E-state index in [2.05, 4.69) is 18.7 Å². The number of ether oxygens (including phenoxy) is 2. The first kappa shape index (κ1) is 14.8. The second-order valence-electron chi connectivity index (χ2n) is 5.96. The molecule has 4 atom stereocenters. The fraction of sp³-hybridized carbons (Fsp3) is 0.929. The van der Waals surface area contributed by atoms with E-state index in [1.54, 1.807) is 0 Å². The van der Waals surface area contributed by atoms with Gasteiger partial charge in [0.1, 0.15) is 5.54 Å². The predicted molar refractivity (Wildman–Crippen MR) is 72.8 cm³/mol. The van der Waals surface area contributed by atoms with Gasteiger partial charge in [-0.2, -0.15) is 0 Å². The van der Waals surface area contributed by atoms with E-state index in [0.29, 0.717) is 25.1 Å². The molecular formula is C14H26N2O3. The summed E-state index contributed by atoms with van der Waals surface area (Å²) in [7, 11) is 0. The second-order valence-corrected chi connectivity index (χ2v) is 5.96. The first-order valence-corrected chi connectivity index (χ1v) is 7.29. The number of hydrogen-bond donors (Lipinski definition) is 1. The standard InChI is InChI=1S/C14H26N2O3/c1-4-18-13(17)14(15)6-5-12(7-14)16-8-11(3)19-9-10(16)2/h10-12H,4-9,15H2,1-3H3. The maximum absolute atomic E-state index is 12.0. The molecule has 2 N–H and O–H groups in total. The van der Waals surface area contributed by atoms with Crippen LogP contribution in [-0.4, -0.2) is 54.4 Å². The Bertz CT molecular complexity index is 337. The van der Waals surface area contributed by atoms with Crippen molar-refractivity contribution in [2.75, 3.05) is 19.8 Å². The number of nitrogens with two attached hydrogens (primary N) is 1. The zero-order chi connectivity index (χ0) is 14.0. The highest BCUT2D eigenvalue weighted by atomic mass is 16.5. The summed E-state index contributed by atoms with van der Waals surface area (Å²) in [6, 6.07) is 0.765. The van der Waals surface area contributed by atoms with Crippen LogP contribution in [0.4, 0.5) is 0 Å². The van der Waals surface area contributed by atoms with Crippen LogP contribution in [0.2, 0.25) is 0 Å². The Morgan fingerprint density at radius 2 is 2.26 bits per heavy atom. The molecule has 0 aromatic carbocycles. The van der Waals surface area contributed by atoms with E-state index in [1.807, 2.05) is 6.92 Å². The molecule has 0 amide bonds. The number of carbonyl (C=O) groups is 1. The Morgan fingerprint density at radius 1 is 1.53 bits per heavy atom. The monoisotopic (exact) mass is 270 g/mol. The smallest absolute Gasteiger partial charge is 0.326 e. The van der Waals surface area contributed by atoms with Crippen molar-refractivity contribution in [3.05, 3.63) is 0 Å². The topological polar surface area (TPSA) is 64.8 Å². The summed E-state index contributed by atoms with van der Waals surface area (Å²) in [5, 5.41) is 0. The Balaban J connectivity index is 1.99. The Morgan fingerprint density at radius 3 is 2.95 bits per heavy atom. The minimum atomic E-state index is -0.790. The van der Waals surface area contributed by atoms with Gasteiger partial charge in [-0.3, -0.25) is 9.69 Å². The number of esters is 1. The van der Waals surface area contributed by atoms with E-state index in [4.69, 9.17) is 15.2 Å². The van der Waals surface area contributed by atoms with E-state index in [9.17, 15) is 4.79 Å². The van der Waals surface area contributed by atoms with Crippen LogP contribution >= 0.6 is 0 Å². The lowest BCUT2D eigenvalue weighted by Crippen LogP contribution is -2.53. The Kier molecular flexibility index (Phi) is 4.48. The van der Waals surface area contributed by atoms with Crippen molar-refractivity contribution in [2.24, 2.45) is 5.73 Å². The molecule has 0 aromatic heterocycles. The van der Waals surface area contributed by atoms with Crippen molar-refractivity contribution in [1.82, 2.24) is 4.90 Å². The van der Waals surface area contributed by atoms with Gasteiger partial charge in [0.15, 0.2) is 0 Å². The molecule has 5 nitrogen and oxygen atoms in total. The van der Waals surface area contributed by atoms with E-state index in [1.165, 1.54) is 0 Å². The zero-order valence-electron chi connectivity index (χ0n) is 12.2. The highest BCUT2D eigenvalue weighted by molar-refractivity contribution is 5.81. The lowest BCUT2D eigenvalue weighted by atomic mass is 9.98. The first-order chi connectivity index (χ1) is 8.96. The number of carbonyl (C=O) groups excluding carboxylic acids is 1. The van der Waals surface area contributed by atoms with E-state index in [0.717, 1.165) is 26.0 Å². The summed E-state index contributed by atoms with van der Waals surface area (Å²) < 4.78 is 10.8. The Hall–Kier alpha value is -0.650. The van der Waals surface area contributed by atoms with E-state index in [-0.39, 0.29) is 12.1 Å². The third kappa shape index (κ3) is 3.09. The maximum atomic E-state index is 12.0. The molecule has 1 saturated heterocycles. The molecule has 4 unspecified atom stereocenters. The molecule has 19 heavy (non-hydrogen) atoms. The van der Waals surface area contributed by atoms with Crippen LogP contribution in [0.5, 0.6) is 0 Å². The quantitative estimate of drug-likeness (QED) is 0.772. The number of morpholine rings is 1. The predicted octanol–water partition coefficient (Wildman–Crippen LogP) is 0.909. The average Bonchev–Trinajstić information content (AvgIpc) is 2.77. The lowest BCUT2D eigenvalue weighted by Gasteiger charge is -2.41. The minimum Gasteiger partial charge on any atom is -0.465 e. The normalized spacial score (nSPS) is 40.3. The summed E-state index contributed by atoms with van der Waals surface area (Å²) in [5.74, 6) is -0.244. The van der Waals surface area contributed by atoms with Gasteiger partial charge in [0.2, 0.25) is 0 Å². The molecule has 2 fully saturated rings. The van der Waals surface area contributed by atoms with Gasteiger partial charge in [0, 0.05) is 18.6 Å². The highest BCUT2D eigenvalue weighted by Crippen LogP contribution is 2.34. The summed E-state index contributed by atoms with van der Waals surface area (Å²) in [6.45, 7) is 8.16. The molecule has 0 aromatic rings. The summed E-state index contributed by atoms with van der Waals surface area (Å²) in [4.78, 5) is 14.4. The van der Waals surface area contributed by atoms with Crippen molar-refractivity contribution >= 4 is 5.97 Å². The second kappa shape index (κ2) is 5.77. The van der Waals surface area contributed by atoms with Gasteiger partial charge in [-0.15, -0.1) is 0 Å². The molecule has 2 aliphatic rings. The molecular weight excluding hydrogens is 244 g/mol. The number of hydrogen-bond acceptors (Lipinski definition) is 5. The van der Waals surface area contributed by atoms with Crippen molar-refractivity contribution in [3.63, 3.8) is 0 Å². The van der Waals surface area contributed by atoms with Crippen molar-refractivity contribution in [3.8, 4) is 0 Å². The highest BCUT2D eigenvalue weighted by Gasteiger charge is 2.46. The van der Waals surface area contributed by atoms with Crippen molar-refractivity contribution in [1.29, 1.82) is 0 Å². The third-order valence-corrected chi connectivity index (χ3v) is 4.33. The summed E-state index contributed by atoms with van der Waals surface area (Å²) in [5.41, 5.74) is 5.44. The van der Waals surface area contributed by atoms with Crippen LogP contribution in [0.3, 0.4) is 0 Å². The zero-order valence-corrected chi connectivity index (χ0v) is 12.2. The molecule has 0 spiro atoms. The van der Waals surface area contributed by atoms with Crippen molar-refractivity contribution in [2.45, 2.75) is 63.8 Å². The van der Waals surface area contributed by atoms with Crippen LogP contribution in [0, 0.1) is 0 Å². The number of rotatable bonds is 3. The molecule has 1 aliphatic carbocycles. The molecule has 1 heterocycles. The van der Waals surface area contributed by atoms with Gasteiger partial charge < -0.3 is 15.2 Å². The van der Waals surface area contributed by atoms with Crippen LogP contribution in [0.25, 0.3) is 0 Å². The number of nitrogens with zero attached hydrogens (tertiary/aromatic N) is 1. The van der Waals surface area contributed by atoms with Crippen LogP contribution in [0.1, 0.15) is 40.0 Å². The van der Waals surface area contributed by atoms with E-state index < -0.39 is 5.54 Å². The van der Waals surface area contributed by atoms with Gasteiger partial charge in [-0.25, -0.2) is 0 Å². The minimum absolute atomic E-state index is 0.244. The average molecular weight is 270 g/mol. The van der Waals surface area contributed by atoms with E-state index >= 15 is 0 Å². The van der Waals surface area contributed by atoms with Crippen LogP contribution in [0.15, 0.2) is 0 Å². The summed E-state index contributed by atoms with van der Waals surface area (Å²) in [6.07, 6.45) is 2.64. The van der Waals surface area contributed by atoms with Gasteiger partial charge in [-0.1, -0.05) is 0 Å². The largest absolute Gasteiger partial charge is 0.465 e. The first-order valence-electron chi connectivity index (χ1n) is 7.29. The van der Waals surface area contributed by atoms with Gasteiger partial charge in [0.25, 0.3) is 0 Å². The van der Waals surface area contributed by atoms with Crippen molar-refractivity contribution < 1.29 is 14.3 Å². The summed E-state index contributed by atoms with van der Waals surface area (Å²) >= 11 is 0. The van der Waals surface area contributed by atoms with Crippen LogP contribution in [-0.2, 0) is 14.3 Å². The fourth-order valence-corrected chi connectivity index (χ4v) is 3.23. The lowest BCUT2D eigenvalue weighted by molar-refractivity contribution is -0.149. The molecule has 1 saturated carbocycles. The maximum Gasteiger partial charge on any atom is 0.326 e. The Labute approximate surface area is 115 Å². The van der Waals surface area contributed by atoms with Gasteiger partial charge >= 0.3 is 5.97 Å². The van der Waals surface area contributed by atoms with Crippen LogP contribution < -0.4 is 5.73 Å². The fourth-order valence-electron chi connectivity index (χ4n) is 3.23. The third-order valence-electron chi connectivity index (χ3n) is 4.33. The molecule has 0 radical (unpaired) electrons. The molecule has 5 heteroatoms. The van der Waals surface area contributed by atoms with Gasteiger partial charge in [-0.05, 0) is 40.0 Å². The van der Waals surface area contributed by atoms with Gasteiger partial charge in [0.05, 0.1) is 19.3 Å².